The first kappa shape index (κ1) is 11.1. The Hall–Kier alpha value is -1.39. The van der Waals surface area contributed by atoms with Gasteiger partial charge in [-0.1, -0.05) is 15.9 Å². The number of aromatic nitrogens is 1. The van der Waals surface area contributed by atoms with E-state index in [-0.39, 0.29) is 6.61 Å². The zero-order valence-electron chi connectivity index (χ0n) is 8.43. The van der Waals surface area contributed by atoms with Crippen LogP contribution in [0.3, 0.4) is 0 Å². The molecule has 0 bridgehead atoms. The molecular formula is C12H10BrNO2. The monoisotopic (exact) mass is 279 g/mol. The van der Waals surface area contributed by atoms with Crippen molar-refractivity contribution in [2.45, 2.75) is 6.61 Å². The van der Waals surface area contributed by atoms with Crippen molar-refractivity contribution >= 4 is 15.9 Å². The second-order valence-corrected chi connectivity index (χ2v) is 4.10. The molecule has 1 N–H and O–H groups in total. The van der Waals surface area contributed by atoms with Crippen LogP contribution in [-0.2, 0) is 6.61 Å². The average Bonchev–Trinajstić information content (AvgIpc) is 2.33. The fraction of sp³-hybridized carbons (Fsp3) is 0.0833. The van der Waals surface area contributed by atoms with Crippen LogP contribution in [0, 0.1) is 0 Å². The van der Waals surface area contributed by atoms with E-state index in [0.29, 0.717) is 17.2 Å². The number of pyridine rings is 1. The van der Waals surface area contributed by atoms with Gasteiger partial charge >= 0.3 is 0 Å². The van der Waals surface area contributed by atoms with E-state index in [1.807, 2.05) is 24.3 Å². The molecule has 1 aromatic carbocycles. The van der Waals surface area contributed by atoms with E-state index in [2.05, 4.69) is 20.9 Å². The van der Waals surface area contributed by atoms with Gasteiger partial charge in [-0.15, -0.1) is 0 Å². The normalized spacial score (nSPS) is 10.1. The van der Waals surface area contributed by atoms with E-state index in [4.69, 9.17) is 9.84 Å². The molecule has 1 heterocycles. The zero-order valence-corrected chi connectivity index (χ0v) is 10.0. The molecular weight excluding hydrogens is 270 g/mol. The van der Waals surface area contributed by atoms with E-state index in [1.54, 1.807) is 18.3 Å². The topological polar surface area (TPSA) is 42.4 Å². The third-order valence-electron chi connectivity index (χ3n) is 2.05. The Bertz CT molecular complexity index is 471. The Labute approximate surface area is 102 Å². The number of aliphatic hydroxyl groups excluding tert-OH is 1. The number of nitrogens with zero attached hydrogens (tertiary/aromatic N) is 1. The van der Waals surface area contributed by atoms with Gasteiger partial charge < -0.3 is 9.84 Å². The number of halogens is 1. The molecule has 0 aliphatic heterocycles. The van der Waals surface area contributed by atoms with E-state index in [0.717, 1.165) is 4.47 Å². The Morgan fingerprint density at radius 3 is 2.62 bits per heavy atom. The van der Waals surface area contributed by atoms with Crippen molar-refractivity contribution in [3.05, 3.63) is 52.6 Å². The average molecular weight is 280 g/mol. The lowest BCUT2D eigenvalue weighted by molar-refractivity contribution is 0.275. The zero-order chi connectivity index (χ0) is 11.4. The number of benzene rings is 1. The van der Waals surface area contributed by atoms with Crippen LogP contribution in [0.1, 0.15) is 5.56 Å². The number of hydrogen-bond donors (Lipinski definition) is 1. The van der Waals surface area contributed by atoms with Gasteiger partial charge in [0.2, 0.25) is 5.88 Å². The maximum atomic E-state index is 9.11. The maximum Gasteiger partial charge on any atom is 0.224 e. The quantitative estimate of drug-likeness (QED) is 0.939. The highest BCUT2D eigenvalue weighted by molar-refractivity contribution is 9.10. The Morgan fingerprint density at radius 1 is 1.19 bits per heavy atom. The first-order valence-corrected chi connectivity index (χ1v) is 5.57. The second-order valence-electron chi connectivity index (χ2n) is 3.18. The van der Waals surface area contributed by atoms with Crippen LogP contribution in [-0.4, -0.2) is 10.1 Å². The Morgan fingerprint density at radius 2 is 1.94 bits per heavy atom. The lowest BCUT2D eigenvalue weighted by Crippen LogP contribution is -1.93. The summed E-state index contributed by atoms with van der Waals surface area (Å²) in [5.41, 5.74) is 0.672. The van der Waals surface area contributed by atoms with Gasteiger partial charge in [-0.25, -0.2) is 4.98 Å². The smallest absolute Gasteiger partial charge is 0.224 e. The van der Waals surface area contributed by atoms with Gasteiger partial charge in [0.1, 0.15) is 5.75 Å². The highest BCUT2D eigenvalue weighted by Gasteiger charge is 2.04. The van der Waals surface area contributed by atoms with E-state index >= 15 is 0 Å². The second kappa shape index (κ2) is 5.09. The molecule has 3 nitrogen and oxygen atoms in total. The summed E-state index contributed by atoms with van der Waals surface area (Å²) in [6, 6.07) is 11.0. The van der Waals surface area contributed by atoms with Gasteiger partial charge in [-0.05, 0) is 36.4 Å². The number of hydrogen-bond acceptors (Lipinski definition) is 3. The summed E-state index contributed by atoms with van der Waals surface area (Å²) < 4.78 is 6.55. The van der Waals surface area contributed by atoms with E-state index in [9.17, 15) is 0 Å². The number of ether oxygens (including phenoxy) is 1. The fourth-order valence-electron chi connectivity index (χ4n) is 1.25. The predicted molar refractivity (Wildman–Crippen MR) is 64.4 cm³/mol. The van der Waals surface area contributed by atoms with Gasteiger partial charge in [0, 0.05) is 16.2 Å². The highest BCUT2D eigenvalue weighted by Crippen LogP contribution is 2.24. The molecule has 0 fully saturated rings. The first-order valence-electron chi connectivity index (χ1n) is 4.78. The van der Waals surface area contributed by atoms with Gasteiger partial charge in [-0.2, -0.15) is 0 Å². The molecule has 0 aliphatic rings. The van der Waals surface area contributed by atoms with Crippen LogP contribution in [0.5, 0.6) is 11.6 Å². The summed E-state index contributed by atoms with van der Waals surface area (Å²) in [7, 11) is 0. The minimum absolute atomic E-state index is 0.0836. The summed E-state index contributed by atoms with van der Waals surface area (Å²) in [6.45, 7) is -0.0836. The SMILES string of the molecule is OCc1cccnc1Oc1ccc(Br)cc1. The van der Waals surface area contributed by atoms with Crippen LogP contribution in [0.2, 0.25) is 0 Å². The predicted octanol–water partition coefficient (Wildman–Crippen LogP) is 3.13. The minimum atomic E-state index is -0.0836. The summed E-state index contributed by atoms with van der Waals surface area (Å²) in [5.74, 6) is 1.13. The molecule has 0 saturated carbocycles. The molecule has 0 saturated heterocycles. The van der Waals surface area contributed by atoms with Crippen LogP contribution in [0.4, 0.5) is 0 Å². The standard InChI is InChI=1S/C12H10BrNO2/c13-10-3-5-11(6-4-10)16-12-9(8-15)2-1-7-14-12/h1-7,15H,8H2. The third kappa shape index (κ3) is 2.59. The Kier molecular flexibility index (Phi) is 3.54. The van der Waals surface area contributed by atoms with E-state index in [1.165, 1.54) is 0 Å². The van der Waals surface area contributed by atoms with Crippen molar-refractivity contribution in [2.24, 2.45) is 0 Å². The highest BCUT2D eigenvalue weighted by atomic mass is 79.9. The molecule has 0 aliphatic carbocycles. The lowest BCUT2D eigenvalue weighted by Gasteiger charge is -2.07. The first-order chi connectivity index (χ1) is 7.79. The lowest BCUT2D eigenvalue weighted by atomic mass is 10.3. The maximum absolute atomic E-state index is 9.11. The molecule has 2 aromatic rings. The molecule has 82 valence electrons. The summed E-state index contributed by atoms with van der Waals surface area (Å²) >= 11 is 3.35. The largest absolute Gasteiger partial charge is 0.439 e. The van der Waals surface area contributed by atoms with Gasteiger partial charge in [0.15, 0.2) is 0 Å². The summed E-state index contributed by atoms with van der Waals surface area (Å²) in [5, 5.41) is 9.11. The third-order valence-corrected chi connectivity index (χ3v) is 2.58. The van der Waals surface area contributed by atoms with E-state index < -0.39 is 0 Å². The Balaban J connectivity index is 2.23. The molecule has 2 rings (SSSR count). The molecule has 4 heteroatoms. The fourth-order valence-corrected chi connectivity index (χ4v) is 1.51. The van der Waals surface area contributed by atoms with Crippen LogP contribution in [0.15, 0.2) is 47.1 Å². The molecule has 0 spiro atoms. The molecule has 0 unspecified atom stereocenters. The van der Waals surface area contributed by atoms with Crippen molar-refractivity contribution in [3.63, 3.8) is 0 Å². The van der Waals surface area contributed by atoms with Gasteiger partial charge in [0.05, 0.1) is 6.61 Å². The summed E-state index contributed by atoms with van der Waals surface area (Å²) in [6.07, 6.45) is 1.63. The van der Waals surface area contributed by atoms with Crippen molar-refractivity contribution < 1.29 is 9.84 Å². The number of aliphatic hydroxyl groups is 1. The summed E-state index contributed by atoms with van der Waals surface area (Å²) in [4.78, 5) is 4.07. The van der Waals surface area contributed by atoms with Gasteiger partial charge in [0.25, 0.3) is 0 Å². The minimum Gasteiger partial charge on any atom is -0.439 e. The molecule has 0 radical (unpaired) electrons. The van der Waals surface area contributed by atoms with Crippen molar-refractivity contribution in [2.75, 3.05) is 0 Å². The molecule has 0 amide bonds. The molecule has 0 atom stereocenters. The molecule has 1 aromatic heterocycles. The van der Waals surface area contributed by atoms with Crippen LogP contribution in [0.25, 0.3) is 0 Å². The van der Waals surface area contributed by atoms with Crippen molar-refractivity contribution in [3.8, 4) is 11.6 Å². The van der Waals surface area contributed by atoms with Crippen LogP contribution < -0.4 is 4.74 Å². The number of rotatable bonds is 3. The molecule has 16 heavy (non-hydrogen) atoms. The van der Waals surface area contributed by atoms with Crippen LogP contribution >= 0.6 is 15.9 Å². The van der Waals surface area contributed by atoms with Crippen molar-refractivity contribution in [1.29, 1.82) is 0 Å². The van der Waals surface area contributed by atoms with Gasteiger partial charge in [-0.3, -0.25) is 0 Å². The van der Waals surface area contributed by atoms with Crippen molar-refractivity contribution in [1.82, 2.24) is 4.98 Å².